The van der Waals surface area contributed by atoms with E-state index in [4.69, 9.17) is 0 Å². The second-order valence-corrected chi connectivity index (χ2v) is 9.32. The van der Waals surface area contributed by atoms with Crippen LogP contribution in [0.25, 0.3) is 0 Å². The molecular weight excluding hydrogens is 396 g/mol. The molecule has 3 rings (SSSR count). The zero-order valence-electron chi connectivity index (χ0n) is 19.8. The number of hydrogen-bond donors (Lipinski definition) is 1. The Bertz CT molecular complexity index is 855. The second-order valence-electron chi connectivity index (χ2n) is 9.32. The Morgan fingerprint density at radius 2 is 1.62 bits per heavy atom. The van der Waals surface area contributed by atoms with Crippen LogP contribution in [0.3, 0.4) is 0 Å². The van der Waals surface area contributed by atoms with Gasteiger partial charge in [-0.1, -0.05) is 88.2 Å². The van der Waals surface area contributed by atoms with Crippen LogP contribution in [-0.4, -0.2) is 28.8 Å². The van der Waals surface area contributed by atoms with Crippen LogP contribution in [0.2, 0.25) is 0 Å². The van der Waals surface area contributed by atoms with E-state index in [0.29, 0.717) is 31.7 Å². The lowest BCUT2D eigenvalue weighted by atomic mass is 10.00. The van der Waals surface area contributed by atoms with Gasteiger partial charge in [0.1, 0.15) is 6.04 Å². The van der Waals surface area contributed by atoms with Crippen LogP contribution >= 0.6 is 0 Å². The van der Waals surface area contributed by atoms with Gasteiger partial charge in [-0.15, -0.1) is 0 Å². The molecular formula is C28H38N2O2. The van der Waals surface area contributed by atoms with E-state index in [0.717, 1.165) is 24.0 Å². The summed E-state index contributed by atoms with van der Waals surface area (Å²) in [6.45, 7) is 6.82. The molecule has 0 radical (unpaired) electrons. The smallest absolute Gasteiger partial charge is 0.243 e. The highest BCUT2D eigenvalue weighted by molar-refractivity contribution is 5.88. The Morgan fingerprint density at radius 3 is 2.22 bits per heavy atom. The molecule has 1 N–H and O–H groups in total. The van der Waals surface area contributed by atoms with Crippen molar-refractivity contribution < 1.29 is 9.59 Å². The van der Waals surface area contributed by atoms with Crippen LogP contribution in [0.5, 0.6) is 0 Å². The number of amides is 2. The summed E-state index contributed by atoms with van der Waals surface area (Å²) in [4.78, 5) is 28.3. The molecule has 0 spiro atoms. The van der Waals surface area contributed by atoms with Gasteiger partial charge in [-0.2, -0.15) is 0 Å². The second kappa shape index (κ2) is 11.8. The minimum absolute atomic E-state index is 0.00929. The van der Waals surface area contributed by atoms with Gasteiger partial charge < -0.3 is 10.2 Å². The first-order valence-electron chi connectivity index (χ1n) is 12.2. The molecule has 1 saturated carbocycles. The number of hydrogen-bond acceptors (Lipinski definition) is 2. The zero-order chi connectivity index (χ0) is 22.9. The van der Waals surface area contributed by atoms with Gasteiger partial charge in [0.25, 0.3) is 0 Å². The monoisotopic (exact) mass is 434 g/mol. The molecule has 2 aromatic rings. The maximum absolute atomic E-state index is 13.4. The third-order valence-electron chi connectivity index (χ3n) is 6.56. The third kappa shape index (κ3) is 6.69. The maximum Gasteiger partial charge on any atom is 0.243 e. The minimum atomic E-state index is -0.438. The van der Waals surface area contributed by atoms with Gasteiger partial charge in [0.05, 0.1) is 0 Å². The number of carbonyl (C=O) groups excluding carboxylic acids is 2. The van der Waals surface area contributed by atoms with E-state index in [1.54, 1.807) is 4.90 Å². The molecule has 0 heterocycles. The lowest BCUT2D eigenvalue weighted by Crippen LogP contribution is -2.51. The Kier molecular flexibility index (Phi) is 8.90. The molecule has 4 nitrogen and oxygen atoms in total. The fourth-order valence-electron chi connectivity index (χ4n) is 4.53. The van der Waals surface area contributed by atoms with Crippen LogP contribution in [0.4, 0.5) is 0 Å². The van der Waals surface area contributed by atoms with Crippen LogP contribution in [-0.2, 0) is 22.6 Å². The molecule has 1 atom stereocenters. The highest BCUT2D eigenvalue weighted by Gasteiger charge is 2.30. The van der Waals surface area contributed by atoms with Crippen molar-refractivity contribution in [3.8, 4) is 0 Å². The lowest BCUT2D eigenvalue weighted by Gasteiger charge is -2.31. The van der Waals surface area contributed by atoms with Crippen molar-refractivity contribution in [2.45, 2.75) is 90.3 Å². The molecule has 1 aliphatic carbocycles. The summed E-state index contributed by atoms with van der Waals surface area (Å²) in [7, 11) is 0. The largest absolute Gasteiger partial charge is 0.352 e. The summed E-state index contributed by atoms with van der Waals surface area (Å²) in [5.74, 6) is 0.524. The molecule has 0 saturated heterocycles. The topological polar surface area (TPSA) is 49.4 Å². The van der Waals surface area contributed by atoms with E-state index in [2.05, 4.69) is 43.4 Å². The summed E-state index contributed by atoms with van der Waals surface area (Å²) < 4.78 is 0. The molecule has 0 aliphatic heterocycles. The molecule has 1 fully saturated rings. The third-order valence-corrected chi connectivity index (χ3v) is 6.56. The lowest BCUT2D eigenvalue weighted by molar-refractivity contribution is -0.141. The van der Waals surface area contributed by atoms with E-state index in [9.17, 15) is 9.59 Å². The summed E-state index contributed by atoms with van der Waals surface area (Å²) in [6.07, 6.45) is 6.13. The average molecular weight is 435 g/mol. The van der Waals surface area contributed by atoms with Gasteiger partial charge in [0.15, 0.2) is 0 Å². The molecule has 2 aromatic carbocycles. The van der Waals surface area contributed by atoms with Gasteiger partial charge in [-0.25, -0.2) is 0 Å². The first-order valence-corrected chi connectivity index (χ1v) is 12.2. The summed E-state index contributed by atoms with van der Waals surface area (Å²) in [6, 6.07) is 18.3. The normalized spacial score (nSPS) is 15.0. The van der Waals surface area contributed by atoms with E-state index in [1.807, 2.05) is 37.3 Å². The average Bonchev–Trinajstić information content (AvgIpc) is 3.31. The molecule has 32 heavy (non-hydrogen) atoms. The molecule has 1 aliphatic rings. The van der Waals surface area contributed by atoms with Gasteiger partial charge in [0.2, 0.25) is 11.8 Å². The maximum atomic E-state index is 13.4. The summed E-state index contributed by atoms with van der Waals surface area (Å²) in [5, 5.41) is 3.21. The number of rotatable bonds is 10. The predicted octanol–water partition coefficient (Wildman–Crippen LogP) is 5.61. The number of nitrogens with zero attached hydrogens (tertiary/aromatic N) is 1. The first-order chi connectivity index (χ1) is 15.5. The molecule has 0 unspecified atom stereocenters. The van der Waals surface area contributed by atoms with Crippen molar-refractivity contribution in [2.75, 3.05) is 0 Å². The van der Waals surface area contributed by atoms with Crippen molar-refractivity contribution in [2.24, 2.45) is 0 Å². The first kappa shape index (κ1) is 24.0. The Morgan fingerprint density at radius 1 is 0.969 bits per heavy atom. The highest BCUT2D eigenvalue weighted by atomic mass is 16.2. The Labute approximate surface area is 193 Å². The van der Waals surface area contributed by atoms with Crippen LogP contribution in [0.1, 0.15) is 81.9 Å². The van der Waals surface area contributed by atoms with Crippen LogP contribution < -0.4 is 5.32 Å². The van der Waals surface area contributed by atoms with E-state index >= 15 is 0 Å². The highest BCUT2D eigenvalue weighted by Crippen LogP contribution is 2.20. The fraction of sp³-hybridized carbons (Fsp3) is 0.500. The van der Waals surface area contributed by atoms with Gasteiger partial charge in [-0.3, -0.25) is 9.59 Å². The van der Waals surface area contributed by atoms with Gasteiger partial charge in [-0.05, 0) is 48.3 Å². The van der Waals surface area contributed by atoms with Crippen molar-refractivity contribution in [3.63, 3.8) is 0 Å². The predicted molar refractivity (Wildman–Crippen MR) is 130 cm³/mol. The van der Waals surface area contributed by atoms with Crippen molar-refractivity contribution in [3.05, 3.63) is 71.3 Å². The van der Waals surface area contributed by atoms with Crippen molar-refractivity contribution in [1.82, 2.24) is 10.2 Å². The number of carbonyl (C=O) groups is 2. The number of nitrogens with one attached hydrogen (secondary N) is 1. The number of benzene rings is 2. The Hall–Kier alpha value is -2.62. The minimum Gasteiger partial charge on any atom is -0.352 e. The molecule has 2 amide bonds. The van der Waals surface area contributed by atoms with E-state index in [-0.39, 0.29) is 17.9 Å². The number of aryl methyl sites for hydroxylation is 1. The quantitative estimate of drug-likeness (QED) is 0.528. The van der Waals surface area contributed by atoms with Crippen molar-refractivity contribution in [1.29, 1.82) is 0 Å². The van der Waals surface area contributed by atoms with Crippen molar-refractivity contribution >= 4 is 11.8 Å². The molecule has 0 aromatic heterocycles. The standard InChI is InChI=1S/C28H38N2O2/c1-4-26(28(32)29-25-12-8-9-13-25)30(20-23-10-6-5-7-11-23)27(31)19-16-22-14-17-24(18-15-22)21(2)3/h5-7,10-11,14-15,17-18,21,25-26H,4,8-9,12-13,16,19-20H2,1-3H3,(H,29,32)/t26-/m1/s1. The summed E-state index contributed by atoms with van der Waals surface area (Å²) >= 11 is 0. The molecule has 172 valence electrons. The zero-order valence-corrected chi connectivity index (χ0v) is 19.8. The van der Waals surface area contributed by atoms with Gasteiger partial charge >= 0.3 is 0 Å². The van der Waals surface area contributed by atoms with Crippen LogP contribution in [0, 0.1) is 0 Å². The fourth-order valence-corrected chi connectivity index (χ4v) is 4.53. The van der Waals surface area contributed by atoms with E-state index in [1.165, 1.54) is 18.4 Å². The van der Waals surface area contributed by atoms with E-state index < -0.39 is 6.04 Å². The SMILES string of the molecule is CC[C@H](C(=O)NC1CCCC1)N(Cc1ccccc1)C(=O)CCc1ccc(C(C)C)cc1. The molecule has 4 heteroatoms. The molecule has 0 bridgehead atoms. The van der Waals surface area contributed by atoms with Crippen LogP contribution in [0.15, 0.2) is 54.6 Å². The summed E-state index contributed by atoms with van der Waals surface area (Å²) in [5.41, 5.74) is 3.51. The Balaban J connectivity index is 1.71. The van der Waals surface area contributed by atoms with Gasteiger partial charge in [0, 0.05) is 19.0 Å².